The molecule has 13 aliphatic carbocycles. The summed E-state index contributed by atoms with van der Waals surface area (Å²) in [5.41, 5.74) is 14.3. The van der Waals surface area contributed by atoms with Crippen LogP contribution >= 0.6 is 0 Å². The summed E-state index contributed by atoms with van der Waals surface area (Å²) in [6.07, 6.45) is 22.7. The Labute approximate surface area is 619 Å². The van der Waals surface area contributed by atoms with E-state index in [-0.39, 0.29) is 87.1 Å². The second-order valence-electron chi connectivity index (χ2n) is 36.0. The Morgan fingerprint density at radius 1 is 0.276 bits per heavy atom. The van der Waals surface area contributed by atoms with Crippen molar-refractivity contribution in [3.05, 3.63) is 277 Å². The average molecular weight is 1460 g/mol. The molecule has 0 radical (unpaired) electrons. The highest BCUT2D eigenvalue weighted by Crippen LogP contribution is 2.70. The number of fused-ring (bicyclic) bond motifs is 8. The summed E-state index contributed by atoms with van der Waals surface area (Å²) >= 11 is 0. The molecule has 0 saturated heterocycles. The molecular weight excluding hydrogens is 1360 g/mol. The molecule has 0 aliphatic heterocycles. The van der Waals surface area contributed by atoms with Crippen molar-refractivity contribution < 1.29 is 45.7 Å². The van der Waals surface area contributed by atoms with Gasteiger partial charge < -0.3 is 20.4 Å². The van der Waals surface area contributed by atoms with Gasteiger partial charge in [0.05, 0.1) is 14.7 Å². The van der Waals surface area contributed by atoms with E-state index in [4.69, 9.17) is 0 Å². The lowest BCUT2D eigenvalue weighted by molar-refractivity contribution is -0.0283. The predicted octanol–water partition coefficient (Wildman–Crippen LogP) is 17.9. The Bertz CT molecular complexity index is 5110. The van der Waals surface area contributed by atoms with E-state index in [9.17, 15) is 45.7 Å². The van der Waals surface area contributed by atoms with Crippen LogP contribution in [0.4, 0.5) is 0 Å². The van der Waals surface area contributed by atoms with Crippen LogP contribution in [0.25, 0.3) is 0 Å². The fourth-order valence-corrected chi connectivity index (χ4v) is 27.8. The summed E-state index contributed by atoms with van der Waals surface area (Å²) < 4.78 is 77.4. The highest BCUT2D eigenvalue weighted by molar-refractivity contribution is 7.91. The molecule has 9 aromatic rings. The van der Waals surface area contributed by atoms with Crippen molar-refractivity contribution in [1.29, 1.82) is 0 Å². The maximum Gasteiger partial charge on any atom is 0.175 e. The van der Waals surface area contributed by atoms with Gasteiger partial charge in [-0.15, -0.1) is 0 Å². The van der Waals surface area contributed by atoms with Gasteiger partial charge in [0.15, 0.2) is 29.5 Å². The number of hydrogen-bond donors (Lipinski definition) is 4. The van der Waals surface area contributed by atoms with Crippen LogP contribution in [0.2, 0.25) is 0 Å². The number of benzene rings is 9. The third-order valence-electron chi connectivity index (χ3n) is 28.9. The second kappa shape index (κ2) is 23.8. The molecule has 12 saturated carbocycles. The maximum absolute atomic E-state index is 13.7. The molecule has 13 aliphatic rings. The van der Waals surface area contributed by atoms with E-state index < -0.39 is 29.5 Å². The second-order valence-corrected chi connectivity index (χ2v) is 42.1. The van der Waals surface area contributed by atoms with Crippen molar-refractivity contribution in [1.82, 2.24) is 0 Å². The molecule has 0 amide bonds. The van der Waals surface area contributed by atoms with Crippen molar-refractivity contribution in [2.24, 2.45) is 35.5 Å². The van der Waals surface area contributed by atoms with Gasteiger partial charge in [0.2, 0.25) is 0 Å². The standard InChI is InChI=1S/C92H94O10S3/c1-103(97,98)79-20-14-73(15-21-79)87-41-56-26-57(42-87)48-90(47-56,53-87)76-35-67-31-65-29-64(82(62-10-6-4-7-11-62)63-12-8-5-9-13-63)30-66(83(65)93)32-68-36-77(91-49-58-27-59(50-91)44-88(43-58,54-91)74-16-22-80(23-17-74)104(2,99)100)38-70(85(68)95)34-72-40-78(39-71(86(72)96)33-69(37-76)84(67)94)92-51-60-28-61(52-92)46-89(45-60,55-92)75-18-24-81(25-19-75)105(3,101)102/h4-25,29-30,35-40,56-61,82,93-96H,26-28,31-34,41-55H2,1-3H3/t56-,57+,58-,59+,60-,61+,87?,88?,89?,90?,91?,92?. The van der Waals surface area contributed by atoms with Gasteiger partial charge in [-0.1, -0.05) is 146 Å². The quantitative estimate of drug-likeness (QED) is 0.0859. The van der Waals surface area contributed by atoms with E-state index >= 15 is 0 Å². The van der Waals surface area contributed by atoms with Gasteiger partial charge in [-0.25, -0.2) is 25.3 Å². The zero-order chi connectivity index (χ0) is 72.2. The van der Waals surface area contributed by atoms with Crippen LogP contribution in [0.1, 0.15) is 216 Å². The summed E-state index contributed by atoms with van der Waals surface area (Å²) in [5.74, 6) is 2.92. The number of sulfone groups is 3. The normalized spacial score (nSPS) is 30.5. The van der Waals surface area contributed by atoms with Gasteiger partial charge in [0.1, 0.15) is 23.0 Å². The lowest BCUT2D eigenvalue weighted by Gasteiger charge is -2.63. The Balaban J connectivity index is 0.819. The number of phenols is 4. The highest BCUT2D eigenvalue weighted by Gasteiger charge is 2.62. The van der Waals surface area contributed by atoms with Crippen LogP contribution in [0, 0.1) is 35.5 Å². The topological polar surface area (TPSA) is 183 Å². The fourth-order valence-electron chi connectivity index (χ4n) is 25.9. The van der Waals surface area contributed by atoms with Crippen LogP contribution in [-0.2, 0) is 87.7 Å². The van der Waals surface area contributed by atoms with Crippen LogP contribution in [0.3, 0.4) is 0 Å². The monoisotopic (exact) mass is 1450 g/mol. The predicted molar refractivity (Wildman–Crippen MR) is 410 cm³/mol. The van der Waals surface area contributed by atoms with Crippen LogP contribution in [0.15, 0.2) is 197 Å². The van der Waals surface area contributed by atoms with Gasteiger partial charge in [-0.2, -0.15) is 0 Å². The molecule has 20 bridgehead atoms. The minimum atomic E-state index is -3.42. The average Bonchev–Trinajstić information content (AvgIpc) is 0.712. The van der Waals surface area contributed by atoms with E-state index in [1.807, 2.05) is 12.1 Å². The molecule has 4 N–H and O–H groups in total. The van der Waals surface area contributed by atoms with Gasteiger partial charge in [0.25, 0.3) is 0 Å². The molecule has 540 valence electrons. The Morgan fingerprint density at radius 2 is 0.486 bits per heavy atom. The minimum absolute atomic E-state index is 0.119. The summed E-state index contributed by atoms with van der Waals surface area (Å²) in [7, 11) is -10.3. The molecule has 0 spiro atoms. The van der Waals surface area contributed by atoms with Crippen molar-refractivity contribution in [3.63, 3.8) is 0 Å². The zero-order valence-electron chi connectivity index (χ0n) is 60.4. The Morgan fingerprint density at radius 3 is 0.705 bits per heavy atom. The summed E-state index contributed by atoms with van der Waals surface area (Å²) in [6, 6.07) is 62.1. The first-order chi connectivity index (χ1) is 50.1. The maximum atomic E-state index is 13.7. The molecule has 12 atom stereocenters. The zero-order valence-corrected chi connectivity index (χ0v) is 62.8. The smallest absolute Gasteiger partial charge is 0.175 e. The molecule has 0 aromatic heterocycles. The summed E-state index contributed by atoms with van der Waals surface area (Å²) in [4.78, 5) is 0.952. The van der Waals surface area contributed by atoms with Crippen molar-refractivity contribution >= 4 is 29.5 Å². The lowest BCUT2D eigenvalue weighted by Crippen LogP contribution is -2.56. The van der Waals surface area contributed by atoms with Gasteiger partial charge >= 0.3 is 0 Å². The number of hydrogen-bond acceptors (Lipinski definition) is 10. The molecule has 6 unspecified atom stereocenters. The minimum Gasteiger partial charge on any atom is -0.507 e. The van der Waals surface area contributed by atoms with Gasteiger partial charge in [-0.3, -0.25) is 0 Å². The highest BCUT2D eigenvalue weighted by atomic mass is 32.2. The third kappa shape index (κ3) is 11.3. The number of aromatic hydroxyl groups is 4. The number of phenolic OH excluding ortho intramolecular Hbond substituents is 4. The van der Waals surface area contributed by atoms with E-state index in [0.717, 1.165) is 149 Å². The van der Waals surface area contributed by atoms with Crippen molar-refractivity contribution in [3.8, 4) is 23.0 Å². The third-order valence-corrected chi connectivity index (χ3v) is 32.3. The van der Waals surface area contributed by atoms with E-state index in [2.05, 4.69) is 133 Å². The molecule has 9 aromatic carbocycles. The van der Waals surface area contributed by atoms with Gasteiger partial charge in [0, 0.05) is 50.4 Å². The largest absolute Gasteiger partial charge is 0.507 e. The van der Waals surface area contributed by atoms with Crippen molar-refractivity contribution in [2.75, 3.05) is 18.8 Å². The van der Waals surface area contributed by atoms with Gasteiger partial charge in [-0.05, 0) is 315 Å². The first kappa shape index (κ1) is 67.6. The SMILES string of the molecule is CS(=O)(=O)c1ccc(C23C[C@H]4C[C@@H](C2)CC(c2cc5c(O)c(c2)Cc2cc(C67C[C@@H]8C[C@@H](CC(c9ccc(S(C)(=O)=O)cc9)(C8)C6)C7)cc(c2O)Cc2cc(C67C[C@@H]8C[C@@H](CC(c9ccc(S(C)(=O)=O)cc9)(C8)C6)C7)cc(c2O)Cc2cc(C(c6ccccc6)c6ccccc6)cc(c2O)C5)(C4)C3)cc1. The Hall–Kier alpha value is -7.97. The van der Waals surface area contributed by atoms with Crippen LogP contribution in [0.5, 0.6) is 23.0 Å². The molecule has 12 fully saturated rings. The van der Waals surface area contributed by atoms with E-state index in [1.54, 1.807) is 36.4 Å². The number of rotatable bonds is 12. The van der Waals surface area contributed by atoms with Crippen molar-refractivity contribution in [2.45, 2.75) is 194 Å². The lowest BCUT2D eigenvalue weighted by atomic mass is 9.41. The first-order valence-electron chi connectivity index (χ1n) is 38.5. The molecule has 22 rings (SSSR count). The Kier molecular flexibility index (Phi) is 15.3. The van der Waals surface area contributed by atoms with E-state index in [0.29, 0.717) is 94.7 Å². The fraction of sp³-hybridized carbons (Fsp3) is 0.413. The molecule has 13 heteroatoms. The molecule has 105 heavy (non-hydrogen) atoms. The first-order valence-corrected chi connectivity index (χ1v) is 44.2. The van der Waals surface area contributed by atoms with Crippen LogP contribution < -0.4 is 0 Å². The van der Waals surface area contributed by atoms with E-state index in [1.165, 1.54) is 35.5 Å². The summed E-state index contributed by atoms with van der Waals surface area (Å²) in [6.45, 7) is 0. The summed E-state index contributed by atoms with van der Waals surface area (Å²) in [5, 5.41) is 54.4. The molecular formula is C92H94O10S3. The molecule has 0 heterocycles. The molecule has 10 nitrogen and oxygen atoms in total. The van der Waals surface area contributed by atoms with Crippen LogP contribution in [-0.4, -0.2) is 64.4 Å².